The predicted octanol–water partition coefficient (Wildman–Crippen LogP) is 0.993. The molecule has 0 spiro atoms. The number of nitrogens with one attached hydrogen (secondary N) is 1. The van der Waals surface area contributed by atoms with Crippen LogP contribution < -0.4 is 5.73 Å². The second-order valence-corrected chi connectivity index (χ2v) is 6.85. The van der Waals surface area contributed by atoms with Crippen molar-refractivity contribution < 1.29 is 8.42 Å². The molecule has 0 bridgehead atoms. The zero-order valence-corrected chi connectivity index (χ0v) is 14.2. The summed E-state index contributed by atoms with van der Waals surface area (Å²) in [4.78, 5) is 5.01. The number of H-pyrrole nitrogens is 1. The minimum Gasteiger partial charge on any atom is -0.397 e. The van der Waals surface area contributed by atoms with Gasteiger partial charge < -0.3 is 10.7 Å². The summed E-state index contributed by atoms with van der Waals surface area (Å²) in [5.74, 6) is 6.24. The Hall–Kier alpha value is -2.11. The summed E-state index contributed by atoms with van der Waals surface area (Å²) in [6.07, 6.45) is 6.65. The first-order valence-electron chi connectivity index (χ1n) is 7.36. The normalized spacial score (nSPS) is 15.5. The van der Waals surface area contributed by atoms with Crippen molar-refractivity contribution in [2.45, 2.75) is 25.7 Å². The highest BCUT2D eigenvalue weighted by Crippen LogP contribution is 2.21. The molecular weight excluding hydrogens is 314 g/mol. The molecule has 2 heterocycles. The van der Waals surface area contributed by atoms with Gasteiger partial charge in [0.15, 0.2) is 0 Å². The van der Waals surface area contributed by atoms with Gasteiger partial charge in [0.25, 0.3) is 0 Å². The van der Waals surface area contributed by atoms with Gasteiger partial charge in [-0.3, -0.25) is 4.90 Å². The largest absolute Gasteiger partial charge is 0.397 e. The predicted molar refractivity (Wildman–Crippen MR) is 93.0 cm³/mol. The van der Waals surface area contributed by atoms with Gasteiger partial charge in [-0.25, -0.2) is 0 Å². The minimum atomic E-state index is -3.72. The van der Waals surface area contributed by atoms with E-state index in [0.717, 1.165) is 37.8 Å². The lowest BCUT2D eigenvalue weighted by atomic mass is 10.1. The van der Waals surface area contributed by atoms with Gasteiger partial charge in [0.1, 0.15) is 5.71 Å². The molecule has 2 rings (SSSR count). The number of anilines is 1. The summed E-state index contributed by atoms with van der Waals surface area (Å²) >= 11 is 0. The fourth-order valence-corrected chi connectivity index (χ4v) is 2.79. The number of aryl methyl sites for hydroxylation is 1. The molecule has 0 unspecified atom stereocenters. The molecule has 1 aliphatic heterocycles. The highest BCUT2D eigenvalue weighted by Gasteiger charge is 2.20. The van der Waals surface area contributed by atoms with Crippen LogP contribution in [0.15, 0.2) is 15.0 Å². The molecule has 0 fully saturated rings. The number of nitrogens with two attached hydrogens (primary N) is 1. The van der Waals surface area contributed by atoms with Crippen molar-refractivity contribution in [3.63, 3.8) is 0 Å². The second kappa shape index (κ2) is 7.44. The first kappa shape index (κ1) is 17.2. The highest BCUT2D eigenvalue weighted by molar-refractivity contribution is 7.89. The molecule has 0 radical (unpaired) electrons. The van der Waals surface area contributed by atoms with E-state index < -0.39 is 10.2 Å². The van der Waals surface area contributed by atoms with Crippen LogP contribution in [0.3, 0.4) is 0 Å². The monoisotopic (exact) mass is 335 g/mol. The minimum absolute atomic E-state index is 0.253. The molecule has 3 N–H and O–H groups in total. The number of nitrogens with zero attached hydrogens (tertiary/aromatic N) is 3. The van der Waals surface area contributed by atoms with Crippen LogP contribution in [0.1, 0.15) is 30.5 Å². The standard InChI is InChI=1S/C15H21N5O2S/c1-20(2)9-7-5-3-4-6-8-12-10-17-15(14(12)16)13-11-18-23(21,22)19-13/h10-11,17H,3-4,6,8-9,16H2,1-2H3. The van der Waals surface area contributed by atoms with Crippen LogP contribution in [0, 0.1) is 11.8 Å². The van der Waals surface area contributed by atoms with Crippen LogP contribution in [0.2, 0.25) is 0 Å². The number of aromatic amines is 1. The molecule has 0 aliphatic carbocycles. The second-order valence-electron chi connectivity index (χ2n) is 5.56. The highest BCUT2D eigenvalue weighted by atomic mass is 32.2. The van der Waals surface area contributed by atoms with Gasteiger partial charge in [-0.1, -0.05) is 5.92 Å². The van der Waals surface area contributed by atoms with Crippen LogP contribution in [0.25, 0.3) is 0 Å². The molecular formula is C15H21N5O2S. The molecule has 7 nitrogen and oxygen atoms in total. The Morgan fingerprint density at radius 3 is 2.74 bits per heavy atom. The first-order valence-corrected chi connectivity index (χ1v) is 8.75. The van der Waals surface area contributed by atoms with E-state index in [-0.39, 0.29) is 5.71 Å². The number of nitrogen functional groups attached to an aromatic ring is 1. The number of hydrogen-bond donors (Lipinski definition) is 2. The lowest BCUT2D eigenvalue weighted by Gasteiger charge is -2.01. The maximum Gasteiger partial charge on any atom is 0.363 e. The van der Waals surface area contributed by atoms with E-state index in [9.17, 15) is 8.42 Å². The van der Waals surface area contributed by atoms with Crippen LogP contribution in [-0.4, -0.2) is 50.9 Å². The van der Waals surface area contributed by atoms with Crippen LogP contribution >= 0.6 is 0 Å². The Morgan fingerprint density at radius 1 is 1.30 bits per heavy atom. The summed E-state index contributed by atoms with van der Waals surface area (Å²) in [6.45, 7) is 0.778. The smallest absolute Gasteiger partial charge is 0.363 e. The molecule has 0 atom stereocenters. The van der Waals surface area contributed by atoms with Crippen molar-refractivity contribution >= 4 is 27.8 Å². The maximum absolute atomic E-state index is 11.2. The van der Waals surface area contributed by atoms with Gasteiger partial charge in [0.05, 0.1) is 24.1 Å². The topological polar surface area (TPSA) is 104 Å². The fraction of sp³-hybridized carbons (Fsp3) is 0.467. The van der Waals surface area contributed by atoms with E-state index in [0.29, 0.717) is 11.4 Å². The van der Waals surface area contributed by atoms with Gasteiger partial charge >= 0.3 is 10.2 Å². The molecule has 1 aromatic heterocycles. The lowest BCUT2D eigenvalue weighted by molar-refractivity contribution is 0.463. The van der Waals surface area contributed by atoms with E-state index in [4.69, 9.17) is 5.73 Å². The molecule has 124 valence electrons. The zero-order chi connectivity index (χ0) is 16.9. The Bertz CT molecular complexity index is 779. The van der Waals surface area contributed by atoms with E-state index in [1.54, 1.807) is 6.20 Å². The third-order valence-corrected chi connectivity index (χ3v) is 4.10. The molecule has 1 aliphatic rings. The Kier molecular flexibility index (Phi) is 5.58. The third-order valence-electron chi connectivity index (χ3n) is 3.30. The molecule has 0 amide bonds. The molecule has 0 saturated heterocycles. The number of aromatic nitrogens is 1. The van der Waals surface area contributed by atoms with Crippen molar-refractivity contribution in [2.75, 3.05) is 26.4 Å². The van der Waals surface area contributed by atoms with Gasteiger partial charge in [-0.05, 0) is 38.9 Å². The number of rotatable bonds is 6. The van der Waals surface area contributed by atoms with E-state index in [1.165, 1.54) is 6.21 Å². The molecule has 1 aromatic rings. The van der Waals surface area contributed by atoms with E-state index in [1.807, 2.05) is 19.0 Å². The van der Waals surface area contributed by atoms with Gasteiger partial charge in [-0.2, -0.15) is 8.42 Å². The van der Waals surface area contributed by atoms with Crippen molar-refractivity contribution in [3.8, 4) is 11.8 Å². The lowest BCUT2D eigenvalue weighted by Crippen LogP contribution is -2.10. The van der Waals surface area contributed by atoms with Gasteiger partial charge in [0.2, 0.25) is 0 Å². The van der Waals surface area contributed by atoms with Crippen LogP contribution in [0.4, 0.5) is 5.69 Å². The Morgan fingerprint density at radius 2 is 2.09 bits per heavy atom. The summed E-state index contributed by atoms with van der Waals surface area (Å²) in [6, 6.07) is 0. The van der Waals surface area contributed by atoms with Crippen LogP contribution in [0.5, 0.6) is 0 Å². The number of hydrogen-bond acceptors (Lipinski definition) is 4. The maximum atomic E-state index is 11.2. The molecule has 0 aromatic carbocycles. The third kappa shape index (κ3) is 4.94. The Balaban J connectivity index is 1.86. The SMILES string of the molecule is CN(C)CC#CCCCCc1c[nH]c(C2=NS(=O)(=O)N=C2)c1N. The van der Waals surface area contributed by atoms with Crippen molar-refractivity contribution in [1.82, 2.24) is 9.88 Å². The summed E-state index contributed by atoms with van der Waals surface area (Å²) in [5.41, 5.74) is 8.32. The average molecular weight is 335 g/mol. The quantitative estimate of drug-likeness (QED) is 0.597. The van der Waals surface area contributed by atoms with E-state index >= 15 is 0 Å². The number of unbranched alkanes of at least 4 members (excludes halogenated alkanes) is 2. The Labute approximate surface area is 136 Å². The van der Waals surface area contributed by atoms with Gasteiger partial charge in [-0.15, -0.1) is 14.7 Å². The average Bonchev–Trinajstić information content (AvgIpc) is 3.00. The molecule has 8 heteroatoms. The van der Waals surface area contributed by atoms with Crippen molar-refractivity contribution in [1.29, 1.82) is 0 Å². The van der Waals surface area contributed by atoms with E-state index in [2.05, 4.69) is 25.6 Å². The summed E-state index contributed by atoms with van der Waals surface area (Å²) in [7, 11) is 0.259. The molecule has 23 heavy (non-hydrogen) atoms. The van der Waals surface area contributed by atoms with Crippen molar-refractivity contribution in [2.24, 2.45) is 8.80 Å². The van der Waals surface area contributed by atoms with Crippen LogP contribution in [-0.2, 0) is 16.6 Å². The zero-order valence-electron chi connectivity index (χ0n) is 13.3. The summed E-state index contributed by atoms with van der Waals surface area (Å²) in [5, 5.41) is 0. The van der Waals surface area contributed by atoms with Gasteiger partial charge in [0, 0.05) is 12.6 Å². The molecule has 0 saturated carbocycles. The van der Waals surface area contributed by atoms with Crippen molar-refractivity contribution in [3.05, 3.63) is 17.5 Å². The summed E-state index contributed by atoms with van der Waals surface area (Å²) < 4.78 is 29.3. The fourth-order valence-electron chi connectivity index (χ4n) is 2.12. The first-order chi connectivity index (χ1) is 10.9.